The predicted octanol–water partition coefficient (Wildman–Crippen LogP) is 2.93. The Balaban J connectivity index is 2.95. The van der Waals surface area contributed by atoms with Gasteiger partial charge in [-0.25, -0.2) is 13.6 Å². The van der Waals surface area contributed by atoms with Crippen molar-refractivity contribution in [1.29, 1.82) is 0 Å². The van der Waals surface area contributed by atoms with E-state index in [0.29, 0.717) is 11.1 Å². The fourth-order valence-corrected chi connectivity index (χ4v) is 1.23. The van der Waals surface area contributed by atoms with Crippen LogP contribution in [0.1, 0.15) is 19.4 Å². The summed E-state index contributed by atoms with van der Waals surface area (Å²) in [6.07, 6.45) is 1.21. The van der Waals surface area contributed by atoms with Crippen molar-refractivity contribution in [1.82, 2.24) is 0 Å². The topological polar surface area (TPSA) is 26.3 Å². The van der Waals surface area contributed by atoms with Crippen LogP contribution in [0.2, 0.25) is 0 Å². The molecule has 1 aromatic carbocycles. The molecule has 1 aromatic rings. The summed E-state index contributed by atoms with van der Waals surface area (Å²) in [5.41, 5.74) is 0.780. The van der Waals surface area contributed by atoms with Gasteiger partial charge in [-0.2, -0.15) is 0 Å². The minimum absolute atomic E-state index is 0.264. The number of hydrogen-bond donors (Lipinski definition) is 0. The summed E-state index contributed by atoms with van der Waals surface area (Å²) in [5.74, 6) is -1.87. The Bertz CT molecular complexity index is 405. The van der Waals surface area contributed by atoms with Gasteiger partial charge in [-0.3, -0.25) is 0 Å². The highest BCUT2D eigenvalue weighted by molar-refractivity contribution is 5.90. The smallest absolute Gasteiger partial charge is 0.331 e. The van der Waals surface area contributed by atoms with Gasteiger partial charge < -0.3 is 4.74 Å². The number of allylic oxidation sites excluding steroid dienone is 1. The molecule has 0 aromatic heterocycles. The SMILES string of the molecule is CCOC(=O)/C=C(\C)c1cc(F)cc(F)c1. The summed E-state index contributed by atoms with van der Waals surface area (Å²) >= 11 is 0. The maximum atomic E-state index is 12.9. The number of carbonyl (C=O) groups excluding carboxylic acids is 1. The van der Waals surface area contributed by atoms with E-state index in [-0.39, 0.29) is 6.61 Å². The molecule has 0 amide bonds. The number of hydrogen-bond acceptors (Lipinski definition) is 2. The van der Waals surface area contributed by atoms with E-state index in [1.807, 2.05) is 0 Å². The Hall–Kier alpha value is -1.71. The van der Waals surface area contributed by atoms with Gasteiger partial charge in [-0.15, -0.1) is 0 Å². The first-order valence-corrected chi connectivity index (χ1v) is 4.84. The molecular weight excluding hydrogens is 214 g/mol. The van der Waals surface area contributed by atoms with Crippen molar-refractivity contribution >= 4 is 11.5 Å². The molecule has 4 heteroatoms. The van der Waals surface area contributed by atoms with E-state index in [9.17, 15) is 13.6 Å². The van der Waals surface area contributed by atoms with Gasteiger partial charge in [0.1, 0.15) is 11.6 Å². The van der Waals surface area contributed by atoms with Crippen molar-refractivity contribution in [2.75, 3.05) is 6.61 Å². The number of ether oxygens (including phenoxy) is 1. The first kappa shape index (κ1) is 12.4. The number of rotatable bonds is 3. The second kappa shape index (κ2) is 5.39. The molecule has 16 heavy (non-hydrogen) atoms. The lowest BCUT2D eigenvalue weighted by atomic mass is 10.1. The first-order chi connectivity index (χ1) is 7.52. The zero-order valence-corrected chi connectivity index (χ0v) is 9.09. The van der Waals surface area contributed by atoms with Crippen LogP contribution in [0.3, 0.4) is 0 Å². The molecule has 0 atom stereocenters. The molecule has 0 radical (unpaired) electrons. The number of carbonyl (C=O) groups is 1. The largest absolute Gasteiger partial charge is 0.463 e. The van der Waals surface area contributed by atoms with E-state index in [1.54, 1.807) is 13.8 Å². The van der Waals surface area contributed by atoms with Crippen molar-refractivity contribution in [3.8, 4) is 0 Å². The molecule has 2 nitrogen and oxygen atoms in total. The minimum Gasteiger partial charge on any atom is -0.463 e. The highest BCUT2D eigenvalue weighted by atomic mass is 19.1. The molecule has 0 spiro atoms. The molecule has 0 heterocycles. The van der Waals surface area contributed by atoms with E-state index < -0.39 is 17.6 Å². The second-order valence-corrected chi connectivity index (χ2v) is 3.24. The Morgan fingerprint density at radius 3 is 2.38 bits per heavy atom. The van der Waals surface area contributed by atoms with Crippen LogP contribution in [0, 0.1) is 11.6 Å². The Kier molecular flexibility index (Phi) is 4.17. The maximum absolute atomic E-state index is 12.9. The minimum atomic E-state index is -0.674. The Morgan fingerprint density at radius 1 is 1.31 bits per heavy atom. The van der Waals surface area contributed by atoms with Gasteiger partial charge in [0.2, 0.25) is 0 Å². The normalized spacial score (nSPS) is 11.4. The second-order valence-electron chi connectivity index (χ2n) is 3.24. The lowest BCUT2D eigenvalue weighted by Gasteiger charge is -2.02. The highest BCUT2D eigenvalue weighted by Crippen LogP contribution is 2.16. The van der Waals surface area contributed by atoms with Gasteiger partial charge in [-0.1, -0.05) is 0 Å². The average Bonchev–Trinajstić information content (AvgIpc) is 2.16. The van der Waals surface area contributed by atoms with Crippen molar-refractivity contribution < 1.29 is 18.3 Å². The van der Waals surface area contributed by atoms with Gasteiger partial charge in [0.25, 0.3) is 0 Å². The van der Waals surface area contributed by atoms with E-state index in [4.69, 9.17) is 4.74 Å². The molecule has 0 unspecified atom stereocenters. The van der Waals surface area contributed by atoms with Crippen molar-refractivity contribution in [3.05, 3.63) is 41.5 Å². The van der Waals surface area contributed by atoms with Gasteiger partial charge in [-0.05, 0) is 37.1 Å². The highest BCUT2D eigenvalue weighted by Gasteiger charge is 2.04. The van der Waals surface area contributed by atoms with Crippen LogP contribution in [0.25, 0.3) is 5.57 Å². The number of esters is 1. The molecule has 0 N–H and O–H groups in total. The fourth-order valence-electron chi connectivity index (χ4n) is 1.23. The third-order valence-electron chi connectivity index (χ3n) is 1.94. The van der Waals surface area contributed by atoms with Gasteiger partial charge >= 0.3 is 5.97 Å². The number of halogens is 2. The van der Waals surface area contributed by atoms with E-state index in [0.717, 1.165) is 18.2 Å². The van der Waals surface area contributed by atoms with Crippen molar-refractivity contribution in [3.63, 3.8) is 0 Å². The molecule has 0 saturated carbocycles. The third-order valence-corrected chi connectivity index (χ3v) is 1.94. The van der Waals surface area contributed by atoms with E-state index >= 15 is 0 Å². The van der Waals surface area contributed by atoms with Gasteiger partial charge in [0.05, 0.1) is 6.61 Å². The standard InChI is InChI=1S/C12H12F2O2/c1-3-16-12(15)4-8(2)9-5-10(13)7-11(14)6-9/h4-7H,3H2,1-2H3/b8-4+. The van der Waals surface area contributed by atoms with Crippen LogP contribution in [-0.4, -0.2) is 12.6 Å². The summed E-state index contributed by atoms with van der Waals surface area (Å²) in [5, 5.41) is 0. The van der Waals surface area contributed by atoms with Crippen LogP contribution >= 0.6 is 0 Å². The summed E-state index contributed by atoms with van der Waals surface area (Å²) in [6.45, 7) is 3.54. The van der Waals surface area contributed by atoms with Crippen molar-refractivity contribution in [2.45, 2.75) is 13.8 Å². The maximum Gasteiger partial charge on any atom is 0.331 e. The van der Waals surface area contributed by atoms with E-state index in [1.165, 1.54) is 6.08 Å². The Morgan fingerprint density at radius 2 is 1.88 bits per heavy atom. The summed E-state index contributed by atoms with van der Waals surface area (Å²) in [7, 11) is 0. The summed E-state index contributed by atoms with van der Waals surface area (Å²) in [4.78, 5) is 11.1. The monoisotopic (exact) mass is 226 g/mol. The fraction of sp³-hybridized carbons (Fsp3) is 0.250. The van der Waals surface area contributed by atoms with E-state index in [2.05, 4.69) is 0 Å². The molecular formula is C12H12F2O2. The lowest BCUT2D eigenvalue weighted by molar-refractivity contribution is -0.137. The van der Waals surface area contributed by atoms with Crippen LogP contribution in [0.5, 0.6) is 0 Å². The zero-order chi connectivity index (χ0) is 12.1. The van der Waals surface area contributed by atoms with Gasteiger partial charge in [0.15, 0.2) is 0 Å². The first-order valence-electron chi connectivity index (χ1n) is 4.84. The zero-order valence-electron chi connectivity index (χ0n) is 9.09. The average molecular weight is 226 g/mol. The lowest BCUT2D eigenvalue weighted by Crippen LogP contribution is -2.00. The molecule has 0 aliphatic rings. The summed E-state index contributed by atoms with van der Waals surface area (Å²) < 4.78 is 30.5. The van der Waals surface area contributed by atoms with Crippen LogP contribution in [0.15, 0.2) is 24.3 Å². The molecule has 0 saturated heterocycles. The number of benzene rings is 1. The Labute approximate surface area is 92.5 Å². The summed E-state index contributed by atoms with van der Waals surface area (Å²) in [6, 6.07) is 3.10. The third kappa shape index (κ3) is 3.46. The molecule has 0 aliphatic heterocycles. The predicted molar refractivity (Wildman–Crippen MR) is 56.6 cm³/mol. The van der Waals surface area contributed by atoms with Gasteiger partial charge in [0, 0.05) is 12.1 Å². The van der Waals surface area contributed by atoms with Crippen molar-refractivity contribution in [2.24, 2.45) is 0 Å². The molecule has 0 fully saturated rings. The van der Waals surface area contributed by atoms with Crippen LogP contribution in [-0.2, 0) is 9.53 Å². The quantitative estimate of drug-likeness (QED) is 0.585. The molecule has 0 aliphatic carbocycles. The molecule has 86 valence electrons. The van der Waals surface area contributed by atoms with Crippen LogP contribution < -0.4 is 0 Å². The van der Waals surface area contributed by atoms with Crippen LogP contribution in [0.4, 0.5) is 8.78 Å². The molecule has 0 bridgehead atoms. The molecule has 1 rings (SSSR count).